The minimum atomic E-state index is -0.0874. The van der Waals surface area contributed by atoms with Crippen LogP contribution in [-0.2, 0) is 0 Å². The van der Waals surface area contributed by atoms with E-state index in [4.69, 9.17) is 0 Å². The van der Waals surface area contributed by atoms with Gasteiger partial charge < -0.3 is 0 Å². The molecule has 17 heavy (non-hydrogen) atoms. The van der Waals surface area contributed by atoms with Gasteiger partial charge in [-0.25, -0.2) is 0 Å². The van der Waals surface area contributed by atoms with Gasteiger partial charge in [0.05, 0.1) is 16.4 Å². The molecule has 0 saturated carbocycles. The number of carbonyl (C=O) groups excluding carboxylic acids is 1. The predicted molar refractivity (Wildman–Crippen MR) is 68.4 cm³/mol. The number of carbonyl (C=O) groups is 1. The van der Waals surface area contributed by atoms with E-state index in [9.17, 15) is 4.79 Å². The van der Waals surface area contributed by atoms with Crippen molar-refractivity contribution < 1.29 is 4.79 Å². The van der Waals surface area contributed by atoms with Gasteiger partial charge in [-0.2, -0.15) is 5.10 Å². The van der Waals surface area contributed by atoms with Crippen molar-refractivity contribution in [3.63, 3.8) is 0 Å². The van der Waals surface area contributed by atoms with Crippen LogP contribution in [0.15, 0.2) is 10.7 Å². The summed E-state index contributed by atoms with van der Waals surface area (Å²) in [6, 6.07) is 0.126. The minimum absolute atomic E-state index is 0.0874. The number of aromatic nitrogens is 4. The predicted octanol–water partition coefficient (Wildman–Crippen LogP) is 2.62. The smallest absolute Gasteiger partial charge is 0.225 e. The third kappa shape index (κ3) is 2.16. The summed E-state index contributed by atoms with van der Waals surface area (Å²) in [5.41, 5.74) is 1.21. The fourth-order valence-corrected chi connectivity index (χ4v) is 2.54. The molecule has 0 atom stereocenters. The highest BCUT2D eigenvalue weighted by Gasteiger charge is 2.23. The third-order valence-electron chi connectivity index (χ3n) is 2.31. The van der Waals surface area contributed by atoms with Crippen molar-refractivity contribution in [3.05, 3.63) is 26.9 Å². The van der Waals surface area contributed by atoms with Gasteiger partial charge in [0.15, 0.2) is 0 Å². The summed E-state index contributed by atoms with van der Waals surface area (Å²) in [6.07, 6.45) is 1.64. The zero-order chi connectivity index (χ0) is 12.6. The second-order valence-corrected chi connectivity index (χ2v) is 5.50. The van der Waals surface area contributed by atoms with Gasteiger partial charge in [0.2, 0.25) is 5.78 Å². The number of aryl methyl sites for hydroxylation is 1. The summed E-state index contributed by atoms with van der Waals surface area (Å²) < 4.78 is 6.18. The molecule has 0 amide bonds. The molecule has 0 spiro atoms. The normalized spacial score (nSPS) is 11.1. The lowest BCUT2D eigenvalue weighted by atomic mass is 10.2. The Morgan fingerprint density at radius 1 is 1.53 bits per heavy atom. The Hall–Kier alpha value is -1.08. The van der Waals surface area contributed by atoms with Crippen LogP contribution in [0, 0.1) is 6.92 Å². The van der Waals surface area contributed by atoms with E-state index in [0.717, 1.165) is 11.5 Å². The van der Waals surface area contributed by atoms with E-state index in [1.807, 2.05) is 13.8 Å². The third-order valence-corrected chi connectivity index (χ3v) is 3.72. The standard InChI is InChI=1S/C10H11BrN4OS/c1-5(2)15-8(7(11)4-12-15)9(16)10-6(3)13-14-17-10/h4-5H,1-3H3. The van der Waals surface area contributed by atoms with Crippen molar-refractivity contribution >= 4 is 33.2 Å². The molecule has 0 radical (unpaired) electrons. The molecule has 5 nitrogen and oxygen atoms in total. The van der Waals surface area contributed by atoms with Gasteiger partial charge in [0.25, 0.3) is 0 Å². The van der Waals surface area contributed by atoms with E-state index in [1.165, 1.54) is 0 Å². The number of nitrogens with zero attached hydrogens (tertiary/aromatic N) is 4. The number of hydrogen-bond donors (Lipinski definition) is 0. The summed E-state index contributed by atoms with van der Waals surface area (Å²) in [6.45, 7) is 5.74. The average Bonchev–Trinajstić information content (AvgIpc) is 2.83. The first-order valence-electron chi connectivity index (χ1n) is 5.09. The van der Waals surface area contributed by atoms with E-state index in [0.29, 0.717) is 20.7 Å². The van der Waals surface area contributed by atoms with Crippen LogP contribution >= 0.6 is 27.5 Å². The molecule has 0 aliphatic rings. The molecule has 0 aromatic carbocycles. The Labute approximate surface area is 111 Å². The molecular formula is C10H11BrN4OS. The van der Waals surface area contributed by atoms with E-state index in [1.54, 1.807) is 17.8 Å². The van der Waals surface area contributed by atoms with Crippen LogP contribution < -0.4 is 0 Å². The molecule has 0 aliphatic carbocycles. The van der Waals surface area contributed by atoms with Crippen LogP contribution in [0.2, 0.25) is 0 Å². The molecule has 2 aromatic rings. The SMILES string of the molecule is Cc1nnsc1C(=O)c1c(Br)cnn1C(C)C. The fourth-order valence-electron chi connectivity index (χ4n) is 1.49. The second-order valence-electron chi connectivity index (χ2n) is 3.90. The molecule has 0 fully saturated rings. The van der Waals surface area contributed by atoms with Gasteiger partial charge in [-0.05, 0) is 48.2 Å². The molecule has 0 unspecified atom stereocenters. The maximum atomic E-state index is 12.4. The van der Waals surface area contributed by atoms with Gasteiger partial charge in [0.1, 0.15) is 10.6 Å². The zero-order valence-corrected chi connectivity index (χ0v) is 12.0. The van der Waals surface area contributed by atoms with Crippen LogP contribution in [0.3, 0.4) is 0 Å². The summed E-state index contributed by atoms with van der Waals surface area (Å²) in [5, 5.41) is 8.04. The molecule has 0 bridgehead atoms. The fraction of sp³-hybridized carbons (Fsp3) is 0.400. The highest BCUT2D eigenvalue weighted by Crippen LogP contribution is 2.24. The topological polar surface area (TPSA) is 60.7 Å². The zero-order valence-electron chi connectivity index (χ0n) is 9.64. The van der Waals surface area contributed by atoms with E-state index in [2.05, 4.69) is 30.6 Å². The Bertz CT molecular complexity index is 560. The number of hydrogen-bond acceptors (Lipinski definition) is 5. The van der Waals surface area contributed by atoms with Crippen LogP contribution in [0.4, 0.5) is 0 Å². The quantitative estimate of drug-likeness (QED) is 0.817. The van der Waals surface area contributed by atoms with Crippen LogP contribution in [-0.4, -0.2) is 25.2 Å². The Morgan fingerprint density at radius 2 is 2.24 bits per heavy atom. The van der Waals surface area contributed by atoms with Crippen molar-refractivity contribution in [2.24, 2.45) is 0 Å². The summed E-state index contributed by atoms with van der Waals surface area (Å²) in [4.78, 5) is 12.9. The minimum Gasteiger partial charge on any atom is -0.286 e. The first-order chi connectivity index (χ1) is 8.02. The number of rotatable bonds is 3. The highest BCUT2D eigenvalue weighted by atomic mass is 79.9. The molecular weight excluding hydrogens is 304 g/mol. The lowest BCUT2D eigenvalue weighted by Crippen LogP contribution is -2.13. The average molecular weight is 315 g/mol. The maximum Gasteiger partial charge on any atom is 0.225 e. The van der Waals surface area contributed by atoms with E-state index in [-0.39, 0.29) is 11.8 Å². The number of halogens is 1. The highest BCUT2D eigenvalue weighted by molar-refractivity contribution is 9.10. The second kappa shape index (κ2) is 4.66. The summed E-state index contributed by atoms with van der Waals surface area (Å²) in [5.74, 6) is -0.0874. The maximum absolute atomic E-state index is 12.4. The van der Waals surface area contributed by atoms with Gasteiger partial charge in [-0.3, -0.25) is 9.48 Å². The Balaban J connectivity index is 2.51. The number of ketones is 1. The van der Waals surface area contributed by atoms with Gasteiger partial charge in [-0.1, -0.05) is 4.49 Å². The van der Waals surface area contributed by atoms with Gasteiger partial charge in [0, 0.05) is 6.04 Å². The van der Waals surface area contributed by atoms with Crippen LogP contribution in [0.25, 0.3) is 0 Å². The molecule has 0 saturated heterocycles. The van der Waals surface area contributed by atoms with Crippen molar-refractivity contribution in [1.29, 1.82) is 0 Å². The molecule has 2 aromatic heterocycles. The molecule has 7 heteroatoms. The summed E-state index contributed by atoms with van der Waals surface area (Å²) >= 11 is 4.47. The van der Waals surface area contributed by atoms with E-state index < -0.39 is 0 Å². The lowest BCUT2D eigenvalue weighted by molar-refractivity contribution is 0.102. The van der Waals surface area contributed by atoms with Crippen molar-refractivity contribution in [2.45, 2.75) is 26.8 Å². The lowest BCUT2D eigenvalue weighted by Gasteiger charge is -2.09. The molecule has 90 valence electrons. The Morgan fingerprint density at radius 3 is 2.76 bits per heavy atom. The first-order valence-corrected chi connectivity index (χ1v) is 6.65. The monoisotopic (exact) mass is 314 g/mol. The van der Waals surface area contributed by atoms with Crippen LogP contribution in [0.5, 0.6) is 0 Å². The summed E-state index contributed by atoms with van der Waals surface area (Å²) in [7, 11) is 0. The molecule has 2 rings (SSSR count). The van der Waals surface area contributed by atoms with Crippen molar-refractivity contribution in [1.82, 2.24) is 19.4 Å². The largest absolute Gasteiger partial charge is 0.286 e. The van der Waals surface area contributed by atoms with Crippen molar-refractivity contribution in [2.75, 3.05) is 0 Å². The molecule has 0 N–H and O–H groups in total. The molecule has 2 heterocycles. The Kier molecular flexibility index (Phi) is 3.39. The molecule has 0 aliphatic heterocycles. The first kappa shape index (κ1) is 12.4. The van der Waals surface area contributed by atoms with Gasteiger partial charge in [-0.15, -0.1) is 5.10 Å². The van der Waals surface area contributed by atoms with Crippen molar-refractivity contribution in [3.8, 4) is 0 Å². The van der Waals surface area contributed by atoms with E-state index >= 15 is 0 Å². The van der Waals surface area contributed by atoms with Crippen LogP contribution in [0.1, 0.15) is 40.9 Å². The van der Waals surface area contributed by atoms with Gasteiger partial charge >= 0.3 is 0 Å².